The Morgan fingerprint density at radius 2 is 1.93 bits per heavy atom. The second-order valence-electron chi connectivity index (χ2n) is 3.47. The average molecular weight is 234 g/mol. The van der Waals surface area contributed by atoms with Gasteiger partial charge in [-0.15, -0.1) is 0 Å². The van der Waals surface area contributed by atoms with Crippen molar-refractivity contribution in [3.05, 3.63) is 34.9 Å². The van der Waals surface area contributed by atoms with Crippen molar-refractivity contribution in [1.82, 2.24) is 0 Å². The van der Waals surface area contributed by atoms with Crippen LogP contribution in [-0.4, -0.2) is 5.75 Å². The zero-order valence-electron chi connectivity index (χ0n) is 8.43. The summed E-state index contributed by atoms with van der Waals surface area (Å²) in [4.78, 5) is 0. The van der Waals surface area contributed by atoms with E-state index in [1.165, 1.54) is 19.1 Å². The lowest BCUT2D eigenvalue weighted by atomic mass is 10.0. The van der Waals surface area contributed by atoms with Gasteiger partial charge in [0.1, 0.15) is 0 Å². The van der Waals surface area contributed by atoms with Crippen molar-refractivity contribution in [2.45, 2.75) is 25.9 Å². The van der Waals surface area contributed by atoms with Gasteiger partial charge in [-0.1, -0.05) is 12.1 Å². The topological polar surface area (TPSA) is 0 Å². The predicted octanol–water partition coefficient (Wildman–Crippen LogP) is 3.88. The van der Waals surface area contributed by atoms with Crippen LogP contribution >= 0.6 is 12.6 Å². The minimum absolute atomic E-state index is 0.275. The Hall–Kier alpha value is -0.640. The molecule has 0 spiro atoms. The maximum atomic E-state index is 12.5. The van der Waals surface area contributed by atoms with Gasteiger partial charge in [-0.3, -0.25) is 0 Å². The van der Waals surface area contributed by atoms with Crippen LogP contribution in [0.2, 0.25) is 0 Å². The van der Waals surface area contributed by atoms with Crippen LogP contribution in [0, 0.1) is 6.92 Å². The number of thiol groups is 1. The molecule has 1 aromatic carbocycles. The van der Waals surface area contributed by atoms with E-state index in [0.717, 1.165) is 12.0 Å². The third kappa shape index (κ3) is 3.45. The maximum Gasteiger partial charge on any atom is 0.416 e. The summed E-state index contributed by atoms with van der Waals surface area (Å²) in [7, 11) is 0. The van der Waals surface area contributed by atoms with Gasteiger partial charge in [-0.25, -0.2) is 0 Å². The third-order valence-electron chi connectivity index (χ3n) is 2.23. The van der Waals surface area contributed by atoms with Crippen LogP contribution in [0.1, 0.15) is 23.1 Å². The minimum atomic E-state index is -4.25. The third-order valence-corrected chi connectivity index (χ3v) is 2.55. The van der Waals surface area contributed by atoms with E-state index in [1.807, 2.05) is 0 Å². The fraction of sp³-hybridized carbons (Fsp3) is 0.455. The van der Waals surface area contributed by atoms with Crippen molar-refractivity contribution < 1.29 is 13.2 Å². The largest absolute Gasteiger partial charge is 0.416 e. The van der Waals surface area contributed by atoms with Crippen LogP contribution in [0.5, 0.6) is 0 Å². The quantitative estimate of drug-likeness (QED) is 0.754. The Morgan fingerprint density at radius 3 is 2.47 bits per heavy atom. The molecule has 0 N–H and O–H groups in total. The highest BCUT2D eigenvalue weighted by Crippen LogP contribution is 2.32. The zero-order valence-corrected chi connectivity index (χ0v) is 9.33. The van der Waals surface area contributed by atoms with Gasteiger partial charge in [0.25, 0.3) is 0 Å². The fourth-order valence-electron chi connectivity index (χ4n) is 1.41. The van der Waals surface area contributed by atoms with E-state index in [4.69, 9.17) is 0 Å². The number of benzene rings is 1. The lowest BCUT2D eigenvalue weighted by molar-refractivity contribution is -0.138. The van der Waals surface area contributed by atoms with Gasteiger partial charge in [-0.05, 0) is 42.7 Å². The monoisotopic (exact) mass is 234 g/mol. The average Bonchev–Trinajstić information content (AvgIpc) is 2.15. The lowest BCUT2D eigenvalue weighted by Crippen LogP contribution is -2.08. The van der Waals surface area contributed by atoms with Gasteiger partial charge in [0, 0.05) is 0 Å². The molecule has 0 aliphatic rings. The molecule has 0 atom stereocenters. The molecule has 0 fully saturated rings. The molecule has 0 aliphatic heterocycles. The summed E-state index contributed by atoms with van der Waals surface area (Å²) >= 11 is 4.03. The van der Waals surface area contributed by atoms with Crippen LogP contribution in [0.25, 0.3) is 0 Å². The predicted molar refractivity (Wildman–Crippen MR) is 58.4 cm³/mol. The first kappa shape index (κ1) is 12.4. The molecule has 0 saturated carbocycles. The van der Waals surface area contributed by atoms with Crippen molar-refractivity contribution in [1.29, 1.82) is 0 Å². The number of alkyl halides is 3. The van der Waals surface area contributed by atoms with Gasteiger partial charge >= 0.3 is 6.18 Å². The molecule has 0 nitrogen and oxygen atoms in total. The highest BCUT2D eigenvalue weighted by molar-refractivity contribution is 7.80. The summed E-state index contributed by atoms with van der Waals surface area (Å²) in [6, 6.07) is 4.50. The minimum Gasteiger partial charge on any atom is -0.179 e. The standard InChI is InChI=1S/C11H13F3S/c1-8-4-5-9(3-2-6-15)7-10(8)11(12,13)14/h4-5,7,15H,2-3,6H2,1H3. The van der Waals surface area contributed by atoms with E-state index in [0.29, 0.717) is 12.2 Å². The molecular weight excluding hydrogens is 221 g/mol. The normalized spacial score (nSPS) is 11.8. The zero-order chi connectivity index (χ0) is 11.5. The van der Waals surface area contributed by atoms with E-state index in [1.54, 1.807) is 6.07 Å². The van der Waals surface area contributed by atoms with E-state index in [9.17, 15) is 13.2 Å². The van der Waals surface area contributed by atoms with Crippen LogP contribution in [0.3, 0.4) is 0 Å². The molecule has 0 amide bonds. The van der Waals surface area contributed by atoms with E-state index < -0.39 is 11.7 Å². The molecular formula is C11H13F3S. The van der Waals surface area contributed by atoms with Crippen LogP contribution in [-0.2, 0) is 12.6 Å². The molecule has 0 heterocycles. The Kier molecular flexibility index (Phi) is 4.08. The molecule has 0 bridgehead atoms. The molecule has 0 saturated heterocycles. The molecule has 1 aromatic rings. The molecule has 0 aromatic heterocycles. The second-order valence-corrected chi connectivity index (χ2v) is 3.92. The van der Waals surface area contributed by atoms with Crippen molar-refractivity contribution in [2.24, 2.45) is 0 Å². The Labute approximate surface area is 92.9 Å². The SMILES string of the molecule is Cc1ccc(CCCS)cc1C(F)(F)F. The van der Waals surface area contributed by atoms with Gasteiger partial charge in [0.05, 0.1) is 5.56 Å². The van der Waals surface area contributed by atoms with Crippen LogP contribution in [0.15, 0.2) is 18.2 Å². The second kappa shape index (κ2) is 4.92. The van der Waals surface area contributed by atoms with Crippen molar-refractivity contribution in [2.75, 3.05) is 5.75 Å². The van der Waals surface area contributed by atoms with Crippen LogP contribution in [0.4, 0.5) is 13.2 Å². The fourth-order valence-corrected chi connectivity index (χ4v) is 1.57. The number of hydrogen-bond donors (Lipinski definition) is 1. The lowest BCUT2D eigenvalue weighted by Gasteiger charge is -2.11. The number of rotatable bonds is 3. The summed E-state index contributed by atoms with van der Waals surface area (Å²) in [6.07, 6.45) is -2.81. The number of aryl methyl sites for hydroxylation is 2. The Balaban J connectivity index is 2.95. The first-order chi connectivity index (χ1) is 6.95. The Bertz CT molecular complexity index is 331. The smallest absolute Gasteiger partial charge is 0.179 e. The first-order valence-corrected chi connectivity index (χ1v) is 5.36. The molecule has 84 valence electrons. The maximum absolute atomic E-state index is 12.5. The van der Waals surface area contributed by atoms with Crippen molar-refractivity contribution >= 4 is 12.6 Å². The van der Waals surface area contributed by atoms with Crippen LogP contribution < -0.4 is 0 Å². The molecule has 1 rings (SSSR count). The highest BCUT2D eigenvalue weighted by atomic mass is 32.1. The summed E-state index contributed by atoms with van der Waals surface area (Å²) in [5.41, 5.74) is 0.471. The van der Waals surface area contributed by atoms with Crippen molar-refractivity contribution in [3.63, 3.8) is 0 Å². The van der Waals surface area contributed by atoms with Gasteiger partial charge in [0.2, 0.25) is 0 Å². The van der Waals surface area contributed by atoms with E-state index in [2.05, 4.69) is 12.6 Å². The van der Waals surface area contributed by atoms with Crippen molar-refractivity contribution in [3.8, 4) is 0 Å². The molecule has 0 radical (unpaired) electrons. The summed E-state index contributed by atoms with van der Waals surface area (Å²) in [5, 5.41) is 0. The van der Waals surface area contributed by atoms with E-state index in [-0.39, 0.29) is 5.56 Å². The van der Waals surface area contributed by atoms with Gasteiger partial charge < -0.3 is 0 Å². The van der Waals surface area contributed by atoms with Gasteiger partial charge in [-0.2, -0.15) is 25.8 Å². The summed E-state index contributed by atoms with van der Waals surface area (Å²) < 4.78 is 37.6. The summed E-state index contributed by atoms with van der Waals surface area (Å²) in [6.45, 7) is 1.48. The number of hydrogen-bond acceptors (Lipinski definition) is 1. The molecule has 0 unspecified atom stereocenters. The molecule has 4 heteroatoms. The molecule has 15 heavy (non-hydrogen) atoms. The highest BCUT2D eigenvalue weighted by Gasteiger charge is 2.32. The first-order valence-electron chi connectivity index (χ1n) is 4.72. The van der Waals surface area contributed by atoms with E-state index >= 15 is 0 Å². The van der Waals surface area contributed by atoms with Gasteiger partial charge in [0.15, 0.2) is 0 Å². The Morgan fingerprint density at radius 1 is 1.27 bits per heavy atom. The number of halogens is 3. The summed E-state index contributed by atoms with van der Waals surface area (Å²) in [5.74, 6) is 0.690. The molecule has 0 aliphatic carbocycles.